The molecule has 6 nitrogen and oxygen atoms in total. The zero-order valence-corrected chi connectivity index (χ0v) is 12.8. The number of imidazole rings is 1. The van der Waals surface area contributed by atoms with E-state index in [-0.39, 0.29) is 12.7 Å². The van der Waals surface area contributed by atoms with Crippen molar-refractivity contribution in [2.75, 3.05) is 6.79 Å². The lowest BCUT2D eigenvalue weighted by Crippen LogP contribution is -2.25. The van der Waals surface area contributed by atoms with E-state index in [1.165, 1.54) is 0 Å². The zero-order valence-electron chi connectivity index (χ0n) is 12.8. The van der Waals surface area contributed by atoms with E-state index in [1.807, 2.05) is 48.5 Å². The largest absolute Gasteiger partial charge is 0.454 e. The fraction of sp³-hybridized carbons (Fsp3) is 0.111. The van der Waals surface area contributed by atoms with Crippen molar-refractivity contribution in [3.8, 4) is 17.2 Å². The van der Waals surface area contributed by atoms with Gasteiger partial charge in [0.15, 0.2) is 11.5 Å². The normalized spacial score (nSPS) is 12.2. The van der Waals surface area contributed by atoms with Gasteiger partial charge in [-0.15, -0.1) is 0 Å². The molecule has 0 fully saturated rings. The number of fused-ring (bicyclic) bond motifs is 1. The number of carbonyl (C=O) groups excluding carboxylic acids is 1. The highest BCUT2D eigenvalue weighted by molar-refractivity contribution is 5.92. The summed E-state index contributed by atoms with van der Waals surface area (Å²) >= 11 is 0. The lowest BCUT2D eigenvalue weighted by atomic mass is 10.2. The van der Waals surface area contributed by atoms with Gasteiger partial charge in [0.05, 0.1) is 12.5 Å². The molecule has 2 heterocycles. The van der Waals surface area contributed by atoms with Crippen LogP contribution in [0.5, 0.6) is 11.5 Å². The molecule has 0 radical (unpaired) electrons. The van der Waals surface area contributed by atoms with Gasteiger partial charge in [-0.2, -0.15) is 0 Å². The van der Waals surface area contributed by atoms with Crippen molar-refractivity contribution in [3.05, 3.63) is 72.3 Å². The molecule has 120 valence electrons. The quantitative estimate of drug-likeness (QED) is 0.802. The molecule has 0 saturated carbocycles. The second-order valence-electron chi connectivity index (χ2n) is 5.35. The molecule has 0 unspecified atom stereocenters. The first kappa shape index (κ1) is 14.3. The number of rotatable bonds is 4. The van der Waals surface area contributed by atoms with Gasteiger partial charge in [0, 0.05) is 12.2 Å². The van der Waals surface area contributed by atoms with E-state index in [1.54, 1.807) is 17.1 Å². The topological polar surface area (TPSA) is 65.4 Å². The monoisotopic (exact) mass is 321 g/mol. The van der Waals surface area contributed by atoms with Crippen molar-refractivity contribution in [2.45, 2.75) is 6.54 Å². The first-order valence-corrected chi connectivity index (χ1v) is 7.56. The van der Waals surface area contributed by atoms with Crippen molar-refractivity contribution in [1.82, 2.24) is 14.9 Å². The Labute approximate surface area is 138 Å². The number of carbonyl (C=O) groups is 1. The van der Waals surface area contributed by atoms with Crippen LogP contribution in [0.4, 0.5) is 0 Å². The van der Waals surface area contributed by atoms with Gasteiger partial charge in [-0.05, 0) is 29.8 Å². The molecule has 1 aromatic heterocycles. The van der Waals surface area contributed by atoms with Gasteiger partial charge in [0.2, 0.25) is 6.79 Å². The first-order valence-electron chi connectivity index (χ1n) is 7.56. The van der Waals surface area contributed by atoms with Crippen molar-refractivity contribution in [2.24, 2.45) is 0 Å². The molecule has 0 saturated heterocycles. The maximum Gasteiger partial charge on any atom is 0.270 e. The summed E-state index contributed by atoms with van der Waals surface area (Å²) in [5.41, 5.74) is 2.32. The summed E-state index contributed by atoms with van der Waals surface area (Å²) in [7, 11) is 0. The number of hydrogen-bond acceptors (Lipinski definition) is 4. The van der Waals surface area contributed by atoms with Crippen LogP contribution in [0.2, 0.25) is 0 Å². The maximum atomic E-state index is 12.5. The number of nitrogens with one attached hydrogen (secondary N) is 1. The number of para-hydroxylation sites is 1. The fourth-order valence-electron chi connectivity index (χ4n) is 2.58. The Kier molecular flexibility index (Phi) is 3.63. The highest BCUT2D eigenvalue weighted by Gasteiger charge is 2.15. The average Bonchev–Trinajstić information content (AvgIpc) is 3.29. The van der Waals surface area contributed by atoms with Crippen molar-refractivity contribution in [1.29, 1.82) is 0 Å². The van der Waals surface area contributed by atoms with Gasteiger partial charge >= 0.3 is 0 Å². The summed E-state index contributed by atoms with van der Waals surface area (Å²) in [4.78, 5) is 16.6. The minimum absolute atomic E-state index is 0.186. The van der Waals surface area contributed by atoms with E-state index in [4.69, 9.17) is 9.47 Å². The zero-order chi connectivity index (χ0) is 16.4. The van der Waals surface area contributed by atoms with Crippen molar-refractivity contribution in [3.63, 3.8) is 0 Å². The standard InChI is InChI=1S/C18H15N3O3/c22-18(15-10-19-11-21(15)14-4-2-1-3-5-14)20-9-13-6-7-16-17(8-13)24-12-23-16/h1-8,10-11H,9,12H2,(H,20,22). The molecule has 1 aliphatic rings. The summed E-state index contributed by atoms with van der Waals surface area (Å²) in [6.45, 7) is 0.636. The van der Waals surface area contributed by atoms with E-state index in [9.17, 15) is 4.79 Å². The van der Waals surface area contributed by atoms with Crippen LogP contribution in [0.15, 0.2) is 61.1 Å². The highest BCUT2D eigenvalue weighted by atomic mass is 16.7. The van der Waals surface area contributed by atoms with E-state index in [0.29, 0.717) is 18.0 Å². The number of nitrogens with zero attached hydrogens (tertiary/aromatic N) is 2. The van der Waals surface area contributed by atoms with Gasteiger partial charge < -0.3 is 14.8 Å². The highest BCUT2D eigenvalue weighted by Crippen LogP contribution is 2.32. The predicted octanol–water partition coefficient (Wildman–Crippen LogP) is 2.53. The molecular weight excluding hydrogens is 306 g/mol. The van der Waals surface area contributed by atoms with E-state index >= 15 is 0 Å². The molecule has 0 atom stereocenters. The molecule has 2 aromatic carbocycles. The molecule has 0 spiro atoms. The van der Waals surface area contributed by atoms with Crippen LogP contribution in [0, 0.1) is 0 Å². The smallest absolute Gasteiger partial charge is 0.270 e. The number of benzene rings is 2. The van der Waals surface area contributed by atoms with Crippen LogP contribution in [0.3, 0.4) is 0 Å². The second kappa shape index (κ2) is 6.08. The minimum atomic E-state index is -0.186. The van der Waals surface area contributed by atoms with Crippen LogP contribution in [-0.2, 0) is 6.54 Å². The Hall–Kier alpha value is -3.28. The first-order chi connectivity index (χ1) is 11.8. The molecule has 6 heteroatoms. The average molecular weight is 321 g/mol. The minimum Gasteiger partial charge on any atom is -0.454 e. The third-order valence-electron chi connectivity index (χ3n) is 3.80. The van der Waals surface area contributed by atoms with E-state index < -0.39 is 0 Å². The number of aromatic nitrogens is 2. The van der Waals surface area contributed by atoms with Gasteiger partial charge in [-0.1, -0.05) is 24.3 Å². The van der Waals surface area contributed by atoms with Gasteiger partial charge in [-0.3, -0.25) is 9.36 Å². The lowest BCUT2D eigenvalue weighted by molar-refractivity contribution is 0.0944. The van der Waals surface area contributed by atoms with Crippen LogP contribution in [-0.4, -0.2) is 22.3 Å². The summed E-state index contributed by atoms with van der Waals surface area (Å²) in [5, 5.41) is 2.91. The molecule has 1 aliphatic heterocycles. The molecule has 3 aromatic rings. The van der Waals surface area contributed by atoms with Crippen LogP contribution in [0.1, 0.15) is 16.1 Å². The Bertz CT molecular complexity index is 874. The molecule has 24 heavy (non-hydrogen) atoms. The van der Waals surface area contributed by atoms with Gasteiger partial charge in [-0.25, -0.2) is 4.98 Å². The predicted molar refractivity (Wildman–Crippen MR) is 87.3 cm³/mol. The molecule has 4 rings (SSSR count). The SMILES string of the molecule is O=C(NCc1ccc2c(c1)OCO2)c1cncn1-c1ccccc1. The number of amides is 1. The number of ether oxygens (including phenoxy) is 2. The Morgan fingerprint density at radius 2 is 1.96 bits per heavy atom. The molecule has 1 amide bonds. The molecule has 1 N–H and O–H groups in total. The van der Waals surface area contributed by atoms with Crippen LogP contribution < -0.4 is 14.8 Å². The second-order valence-corrected chi connectivity index (χ2v) is 5.35. The maximum absolute atomic E-state index is 12.5. The molecule has 0 aliphatic carbocycles. The molecule has 0 bridgehead atoms. The van der Waals surface area contributed by atoms with E-state index in [2.05, 4.69) is 10.3 Å². The van der Waals surface area contributed by atoms with Gasteiger partial charge in [0.1, 0.15) is 5.69 Å². The lowest BCUT2D eigenvalue weighted by Gasteiger charge is -2.09. The summed E-state index contributed by atoms with van der Waals surface area (Å²) in [5.74, 6) is 1.25. The molecular formula is C18H15N3O3. The van der Waals surface area contributed by atoms with Gasteiger partial charge in [0.25, 0.3) is 5.91 Å². The third kappa shape index (κ3) is 2.69. The summed E-state index contributed by atoms with van der Waals surface area (Å²) < 4.78 is 12.4. The van der Waals surface area contributed by atoms with E-state index in [0.717, 1.165) is 17.0 Å². The van der Waals surface area contributed by atoms with Crippen LogP contribution in [0.25, 0.3) is 5.69 Å². The van der Waals surface area contributed by atoms with Crippen molar-refractivity contribution < 1.29 is 14.3 Å². The third-order valence-corrected chi connectivity index (χ3v) is 3.80. The summed E-state index contributed by atoms with van der Waals surface area (Å²) in [6, 6.07) is 15.2. The fourth-order valence-corrected chi connectivity index (χ4v) is 2.58. The summed E-state index contributed by atoms with van der Waals surface area (Å²) in [6.07, 6.45) is 3.19. The Morgan fingerprint density at radius 3 is 2.83 bits per heavy atom. The Morgan fingerprint density at radius 1 is 1.12 bits per heavy atom. The Balaban J connectivity index is 1.49. The number of hydrogen-bond donors (Lipinski definition) is 1. The van der Waals surface area contributed by atoms with Crippen LogP contribution >= 0.6 is 0 Å². The van der Waals surface area contributed by atoms with Crippen molar-refractivity contribution >= 4 is 5.91 Å².